The molecule has 7 heteroatoms. The Labute approximate surface area is 202 Å². The largest absolute Gasteiger partial charge is 0.368 e. The molecule has 0 bridgehead atoms. The van der Waals surface area contributed by atoms with Gasteiger partial charge in [-0.3, -0.25) is 19.7 Å². The number of nitrogens with one attached hydrogen (secondary N) is 2. The van der Waals surface area contributed by atoms with E-state index in [9.17, 15) is 4.79 Å². The molecule has 1 amide bonds. The Kier molecular flexibility index (Phi) is 9.44. The minimum Gasteiger partial charge on any atom is -0.368 e. The SMILES string of the molecule is NC(=O)C1CCCN1CCNCOC[C@@H](NSc1ccc2ccccc2c1)C1CCCCC1. The number of nitrogens with zero attached hydrogens (tertiary/aromatic N) is 1. The number of amides is 1. The molecule has 1 saturated heterocycles. The Morgan fingerprint density at radius 2 is 1.91 bits per heavy atom. The van der Waals surface area contributed by atoms with Crippen molar-refractivity contribution in [1.29, 1.82) is 0 Å². The third kappa shape index (κ3) is 7.17. The molecule has 0 aromatic heterocycles. The fourth-order valence-electron chi connectivity index (χ4n) is 5.15. The normalized spacial score (nSPS) is 20.9. The van der Waals surface area contributed by atoms with Crippen LogP contribution in [0, 0.1) is 5.92 Å². The summed E-state index contributed by atoms with van der Waals surface area (Å²) in [6.07, 6.45) is 8.47. The van der Waals surface area contributed by atoms with Crippen LogP contribution in [0.4, 0.5) is 0 Å². The van der Waals surface area contributed by atoms with E-state index in [0.717, 1.165) is 32.5 Å². The highest BCUT2D eigenvalue weighted by molar-refractivity contribution is 7.97. The summed E-state index contributed by atoms with van der Waals surface area (Å²) in [5.41, 5.74) is 5.51. The number of nitrogens with two attached hydrogens (primary N) is 1. The number of hydrogen-bond donors (Lipinski definition) is 3. The van der Waals surface area contributed by atoms with Gasteiger partial charge in [0.1, 0.15) is 0 Å². The number of ether oxygens (including phenoxy) is 1. The van der Waals surface area contributed by atoms with Crippen LogP contribution in [0.5, 0.6) is 0 Å². The molecule has 6 nitrogen and oxygen atoms in total. The van der Waals surface area contributed by atoms with Crippen molar-refractivity contribution in [2.45, 2.75) is 61.9 Å². The van der Waals surface area contributed by atoms with E-state index in [4.69, 9.17) is 10.5 Å². The first-order chi connectivity index (χ1) is 16.2. The van der Waals surface area contributed by atoms with E-state index >= 15 is 0 Å². The van der Waals surface area contributed by atoms with Crippen LogP contribution in [0.1, 0.15) is 44.9 Å². The van der Waals surface area contributed by atoms with E-state index in [2.05, 4.69) is 57.4 Å². The zero-order chi connectivity index (χ0) is 22.9. The van der Waals surface area contributed by atoms with Crippen molar-refractivity contribution < 1.29 is 9.53 Å². The van der Waals surface area contributed by atoms with Crippen LogP contribution < -0.4 is 15.8 Å². The number of primary amides is 1. The van der Waals surface area contributed by atoms with Crippen molar-refractivity contribution in [3.8, 4) is 0 Å². The van der Waals surface area contributed by atoms with Crippen molar-refractivity contribution in [3.63, 3.8) is 0 Å². The number of fused-ring (bicyclic) bond motifs is 1. The number of hydrogen-bond acceptors (Lipinski definition) is 6. The van der Waals surface area contributed by atoms with Gasteiger partial charge in [-0.25, -0.2) is 0 Å². The van der Waals surface area contributed by atoms with Crippen molar-refractivity contribution in [1.82, 2.24) is 14.9 Å². The predicted octanol–water partition coefficient (Wildman–Crippen LogP) is 3.90. The van der Waals surface area contributed by atoms with E-state index in [1.165, 1.54) is 47.8 Å². The summed E-state index contributed by atoms with van der Waals surface area (Å²) < 4.78 is 9.78. The topological polar surface area (TPSA) is 79.6 Å². The molecule has 0 radical (unpaired) electrons. The molecule has 33 heavy (non-hydrogen) atoms. The highest BCUT2D eigenvalue weighted by Crippen LogP contribution is 2.29. The maximum atomic E-state index is 11.5. The fraction of sp³-hybridized carbons (Fsp3) is 0.577. The van der Waals surface area contributed by atoms with E-state index < -0.39 is 0 Å². The third-order valence-electron chi connectivity index (χ3n) is 7.04. The molecular formula is C26H38N4O2S. The van der Waals surface area contributed by atoms with Gasteiger partial charge in [-0.1, -0.05) is 49.6 Å². The monoisotopic (exact) mass is 470 g/mol. The molecular weight excluding hydrogens is 432 g/mol. The van der Waals surface area contributed by atoms with Crippen LogP contribution in [0.15, 0.2) is 47.4 Å². The summed E-state index contributed by atoms with van der Waals surface area (Å²) in [7, 11) is 0. The van der Waals surface area contributed by atoms with E-state index in [0.29, 0.717) is 25.3 Å². The van der Waals surface area contributed by atoms with Crippen molar-refractivity contribution in [3.05, 3.63) is 42.5 Å². The van der Waals surface area contributed by atoms with Gasteiger partial charge in [-0.05, 0) is 73.0 Å². The minimum absolute atomic E-state index is 0.0975. The van der Waals surface area contributed by atoms with Crippen molar-refractivity contribution in [2.75, 3.05) is 33.0 Å². The van der Waals surface area contributed by atoms with Gasteiger partial charge in [0.25, 0.3) is 0 Å². The minimum atomic E-state index is -0.200. The Bertz CT molecular complexity index is 889. The quantitative estimate of drug-likeness (QED) is 0.248. The van der Waals surface area contributed by atoms with Gasteiger partial charge in [0.15, 0.2) is 0 Å². The van der Waals surface area contributed by atoms with Crippen molar-refractivity contribution >= 4 is 28.6 Å². The first kappa shape index (κ1) is 24.5. The zero-order valence-electron chi connectivity index (χ0n) is 19.5. The lowest BCUT2D eigenvalue weighted by atomic mass is 9.84. The Hall–Kier alpha value is -1.64. The maximum Gasteiger partial charge on any atom is 0.234 e. The lowest BCUT2D eigenvalue weighted by molar-refractivity contribution is -0.122. The number of likely N-dealkylation sites (tertiary alicyclic amines) is 1. The summed E-state index contributed by atoms with van der Waals surface area (Å²) in [5, 5.41) is 5.92. The lowest BCUT2D eigenvalue weighted by Crippen LogP contribution is -2.43. The number of carbonyl (C=O) groups is 1. The average molecular weight is 471 g/mol. The van der Waals surface area contributed by atoms with Gasteiger partial charge < -0.3 is 10.5 Å². The number of benzene rings is 2. The second-order valence-corrected chi connectivity index (χ2v) is 10.3. The highest BCUT2D eigenvalue weighted by Gasteiger charge is 2.28. The Balaban J connectivity index is 1.22. The van der Waals surface area contributed by atoms with Gasteiger partial charge in [0, 0.05) is 24.0 Å². The smallest absolute Gasteiger partial charge is 0.234 e. The molecule has 4 rings (SSSR count). The molecule has 2 aliphatic rings. The maximum absolute atomic E-state index is 11.5. The second kappa shape index (κ2) is 12.7. The zero-order valence-corrected chi connectivity index (χ0v) is 20.3. The van der Waals surface area contributed by atoms with Crippen LogP contribution in [0.3, 0.4) is 0 Å². The first-order valence-corrected chi connectivity index (χ1v) is 13.3. The van der Waals surface area contributed by atoms with Crippen LogP contribution in [0.25, 0.3) is 10.8 Å². The molecule has 1 saturated carbocycles. The van der Waals surface area contributed by atoms with Gasteiger partial charge in [0.2, 0.25) is 5.91 Å². The molecule has 1 aliphatic carbocycles. The molecule has 1 unspecified atom stereocenters. The molecule has 2 aromatic carbocycles. The number of rotatable bonds is 12. The summed E-state index contributed by atoms with van der Waals surface area (Å²) in [6, 6.07) is 15.4. The van der Waals surface area contributed by atoms with E-state index in [1.54, 1.807) is 11.9 Å². The third-order valence-corrected chi connectivity index (χ3v) is 7.95. The first-order valence-electron chi connectivity index (χ1n) is 12.4. The fourth-order valence-corrected chi connectivity index (χ4v) is 6.02. The summed E-state index contributed by atoms with van der Waals surface area (Å²) >= 11 is 1.72. The predicted molar refractivity (Wildman–Crippen MR) is 136 cm³/mol. The molecule has 180 valence electrons. The molecule has 4 N–H and O–H groups in total. The van der Waals surface area contributed by atoms with Crippen molar-refractivity contribution in [2.24, 2.45) is 11.7 Å². The molecule has 0 spiro atoms. The Morgan fingerprint density at radius 3 is 2.73 bits per heavy atom. The molecule has 2 fully saturated rings. The van der Waals surface area contributed by atoms with Crippen LogP contribution in [-0.2, 0) is 9.53 Å². The summed E-state index contributed by atoms with van der Waals surface area (Å²) in [6.45, 7) is 3.82. The molecule has 2 atom stereocenters. The second-order valence-electron chi connectivity index (χ2n) is 9.34. The average Bonchev–Trinajstić information content (AvgIpc) is 3.32. The standard InChI is InChI=1S/C26H38N4O2S/c27-26(31)25-11-6-15-30(25)16-14-28-19-32-18-24(21-8-2-1-3-9-21)29-33-23-13-12-20-7-4-5-10-22(20)17-23/h4-5,7,10,12-13,17,21,24-25,28-29H,1-3,6,8-9,11,14-16,18-19H2,(H2,27,31)/t24-,25?/m1/s1. The van der Waals surface area contributed by atoms with Gasteiger partial charge in [-0.15, -0.1) is 0 Å². The van der Waals surface area contributed by atoms with E-state index in [1.807, 2.05) is 0 Å². The van der Waals surface area contributed by atoms with Crippen LogP contribution in [-0.4, -0.2) is 55.9 Å². The van der Waals surface area contributed by atoms with Crippen LogP contribution >= 0.6 is 11.9 Å². The van der Waals surface area contributed by atoms with E-state index in [-0.39, 0.29) is 11.9 Å². The number of carbonyl (C=O) groups excluding carboxylic acids is 1. The lowest BCUT2D eigenvalue weighted by Gasteiger charge is -2.30. The molecule has 1 heterocycles. The van der Waals surface area contributed by atoms with Gasteiger partial charge in [-0.2, -0.15) is 0 Å². The Morgan fingerprint density at radius 1 is 1.09 bits per heavy atom. The summed E-state index contributed by atoms with van der Waals surface area (Å²) in [5.74, 6) is 0.460. The highest BCUT2D eigenvalue weighted by atomic mass is 32.2. The van der Waals surface area contributed by atoms with Gasteiger partial charge >= 0.3 is 0 Å². The molecule has 1 aliphatic heterocycles. The summed E-state index contributed by atoms with van der Waals surface area (Å²) in [4.78, 5) is 14.9. The molecule has 2 aromatic rings. The van der Waals surface area contributed by atoms with Crippen LogP contribution in [0.2, 0.25) is 0 Å². The van der Waals surface area contributed by atoms with Gasteiger partial charge in [0.05, 0.1) is 19.4 Å².